The minimum absolute atomic E-state index is 0.0806. The van der Waals surface area contributed by atoms with Gasteiger partial charge in [0.2, 0.25) is 0 Å². The van der Waals surface area contributed by atoms with Crippen molar-refractivity contribution in [2.75, 3.05) is 18.8 Å². The fourth-order valence-electron chi connectivity index (χ4n) is 2.02. The van der Waals surface area contributed by atoms with Crippen LogP contribution in [-0.2, 0) is 0 Å². The number of hydrogen-bond donors (Lipinski definition) is 2. The van der Waals surface area contributed by atoms with Crippen molar-refractivity contribution in [2.45, 2.75) is 18.9 Å². The van der Waals surface area contributed by atoms with Gasteiger partial charge in [0, 0.05) is 18.8 Å². The van der Waals surface area contributed by atoms with Gasteiger partial charge < -0.3 is 15.7 Å². The molecule has 0 aromatic heterocycles. The third kappa shape index (κ3) is 2.61. The second-order valence-electron chi connectivity index (χ2n) is 4.26. The van der Waals surface area contributed by atoms with E-state index in [1.807, 2.05) is 0 Å². The fourth-order valence-corrected chi connectivity index (χ4v) is 2.46. The van der Waals surface area contributed by atoms with Crippen molar-refractivity contribution in [3.05, 3.63) is 28.2 Å². The number of rotatable bonds is 1. The minimum Gasteiger partial charge on any atom is -0.398 e. The van der Waals surface area contributed by atoms with E-state index in [9.17, 15) is 9.90 Å². The van der Waals surface area contributed by atoms with E-state index in [4.69, 9.17) is 5.73 Å². The van der Waals surface area contributed by atoms with Crippen LogP contribution in [0.15, 0.2) is 22.7 Å². The van der Waals surface area contributed by atoms with Crippen molar-refractivity contribution in [1.82, 2.24) is 4.90 Å². The number of likely N-dealkylation sites (tertiary alicyclic amines) is 1. The first-order chi connectivity index (χ1) is 8.09. The van der Waals surface area contributed by atoms with Crippen molar-refractivity contribution in [1.29, 1.82) is 0 Å². The van der Waals surface area contributed by atoms with Gasteiger partial charge in [-0.05, 0) is 40.9 Å². The van der Waals surface area contributed by atoms with Gasteiger partial charge in [-0.3, -0.25) is 4.79 Å². The smallest absolute Gasteiger partial charge is 0.255 e. The Labute approximate surface area is 109 Å². The first-order valence-electron chi connectivity index (χ1n) is 5.61. The van der Waals surface area contributed by atoms with Gasteiger partial charge in [-0.25, -0.2) is 0 Å². The summed E-state index contributed by atoms with van der Waals surface area (Å²) in [5.74, 6) is -0.0806. The number of amides is 1. The molecule has 1 aliphatic heterocycles. The summed E-state index contributed by atoms with van der Waals surface area (Å²) in [4.78, 5) is 13.9. The van der Waals surface area contributed by atoms with Crippen LogP contribution in [0.25, 0.3) is 0 Å². The van der Waals surface area contributed by atoms with Crippen LogP contribution in [0.4, 0.5) is 5.69 Å². The van der Waals surface area contributed by atoms with Crippen molar-refractivity contribution in [3.8, 4) is 0 Å². The van der Waals surface area contributed by atoms with E-state index < -0.39 is 6.10 Å². The number of benzene rings is 1. The van der Waals surface area contributed by atoms with Crippen LogP contribution in [0.5, 0.6) is 0 Å². The highest BCUT2D eigenvalue weighted by molar-refractivity contribution is 9.10. The number of carbonyl (C=O) groups excluding carboxylic acids is 1. The molecule has 1 aromatic rings. The van der Waals surface area contributed by atoms with Crippen LogP contribution in [0, 0.1) is 0 Å². The fraction of sp³-hybridized carbons (Fsp3) is 0.417. The predicted octanol–water partition coefficient (Wildman–Crippen LogP) is 1.63. The normalized spacial score (nSPS) is 20.4. The number of nitrogens with two attached hydrogens (primary N) is 1. The number of piperidine rings is 1. The summed E-state index contributed by atoms with van der Waals surface area (Å²) in [5.41, 5.74) is 6.85. The number of hydrogen-bond acceptors (Lipinski definition) is 3. The number of aliphatic hydroxyl groups excluding tert-OH is 1. The molecule has 1 unspecified atom stereocenters. The Morgan fingerprint density at radius 1 is 1.53 bits per heavy atom. The molecule has 1 heterocycles. The second kappa shape index (κ2) is 5.06. The standard InChI is InChI=1S/C12H15BrN2O2/c13-11-9(4-1-5-10(11)14)12(17)15-6-2-3-8(16)7-15/h1,4-5,8,16H,2-3,6-7,14H2. The molecule has 0 radical (unpaired) electrons. The van der Waals surface area contributed by atoms with Crippen LogP contribution in [-0.4, -0.2) is 35.1 Å². The van der Waals surface area contributed by atoms with Gasteiger partial charge in [-0.2, -0.15) is 0 Å². The number of nitrogen functional groups attached to an aromatic ring is 1. The predicted molar refractivity (Wildman–Crippen MR) is 69.7 cm³/mol. The average Bonchev–Trinajstić information content (AvgIpc) is 2.32. The van der Waals surface area contributed by atoms with Crippen LogP contribution in [0.1, 0.15) is 23.2 Å². The maximum atomic E-state index is 12.2. The Hall–Kier alpha value is -1.07. The Morgan fingerprint density at radius 2 is 2.29 bits per heavy atom. The molecule has 1 atom stereocenters. The number of halogens is 1. The maximum absolute atomic E-state index is 12.2. The lowest BCUT2D eigenvalue weighted by molar-refractivity contribution is 0.0473. The van der Waals surface area contributed by atoms with Gasteiger partial charge in [-0.1, -0.05) is 6.07 Å². The van der Waals surface area contributed by atoms with Gasteiger partial charge in [-0.15, -0.1) is 0 Å². The first kappa shape index (κ1) is 12.4. The molecule has 1 saturated heterocycles. The van der Waals surface area contributed by atoms with E-state index in [0.29, 0.717) is 28.8 Å². The van der Waals surface area contributed by atoms with E-state index in [-0.39, 0.29) is 5.91 Å². The Balaban J connectivity index is 2.22. The van der Waals surface area contributed by atoms with Crippen LogP contribution < -0.4 is 5.73 Å². The van der Waals surface area contributed by atoms with Gasteiger partial charge in [0.1, 0.15) is 0 Å². The molecular formula is C12H15BrN2O2. The molecule has 1 fully saturated rings. The molecule has 0 spiro atoms. The molecule has 0 saturated carbocycles. The molecule has 3 N–H and O–H groups in total. The van der Waals surface area contributed by atoms with Crippen LogP contribution in [0.2, 0.25) is 0 Å². The zero-order valence-electron chi connectivity index (χ0n) is 9.40. The molecule has 1 aromatic carbocycles. The van der Waals surface area contributed by atoms with Crippen molar-refractivity contribution < 1.29 is 9.90 Å². The van der Waals surface area contributed by atoms with Crippen molar-refractivity contribution >= 4 is 27.5 Å². The Morgan fingerprint density at radius 3 is 3.00 bits per heavy atom. The minimum atomic E-state index is -0.410. The summed E-state index contributed by atoms with van der Waals surface area (Å²) in [6, 6.07) is 5.24. The maximum Gasteiger partial charge on any atom is 0.255 e. The van der Waals surface area contributed by atoms with E-state index in [1.54, 1.807) is 23.1 Å². The highest BCUT2D eigenvalue weighted by Gasteiger charge is 2.24. The third-order valence-electron chi connectivity index (χ3n) is 2.94. The van der Waals surface area contributed by atoms with E-state index in [2.05, 4.69) is 15.9 Å². The summed E-state index contributed by atoms with van der Waals surface area (Å²) in [6.07, 6.45) is 1.20. The number of β-amino-alcohol motifs (C(OH)–C–C–N with tert-alkyl or cyclic N) is 1. The van der Waals surface area contributed by atoms with E-state index in [0.717, 1.165) is 12.8 Å². The molecule has 4 nitrogen and oxygen atoms in total. The topological polar surface area (TPSA) is 66.6 Å². The highest BCUT2D eigenvalue weighted by atomic mass is 79.9. The van der Waals surface area contributed by atoms with Crippen molar-refractivity contribution in [3.63, 3.8) is 0 Å². The lowest BCUT2D eigenvalue weighted by Gasteiger charge is -2.30. The van der Waals surface area contributed by atoms with Crippen LogP contribution in [0.3, 0.4) is 0 Å². The van der Waals surface area contributed by atoms with Gasteiger partial charge in [0.15, 0.2) is 0 Å². The molecule has 92 valence electrons. The van der Waals surface area contributed by atoms with Gasteiger partial charge in [0.05, 0.1) is 16.1 Å². The molecule has 1 amide bonds. The van der Waals surface area contributed by atoms with E-state index in [1.165, 1.54) is 0 Å². The largest absolute Gasteiger partial charge is 0.398 e. The molecule has 17 heavy (non-hydrogen) atoms. The zero-order valence-corrected chi connectivity index (χ0v) is 11.0. The lowest BCUT2D eigenvalue weighted by atomic mass is 10.1. The summed E-state index contributed by atoms with van der Waals surface area (Å²) in [7, 11) is 0. The SMILES string of the molecule is Nc1cccc(C(=O)N2CCCC(O)C2)c1Br. The van der Waals surface area contributed by atoms with E-state index >= 15 is 0 Å². The lowest BCUT2D eigenvalue weighted by Crippen LogP contribution is -2.42. The average molecular weight is 299 g/mol. The number of aliphatic hydroxyl groups is 1. The molecule has 5 heteroatoms. The Bertz CT molecular complexity index is 437. The molecule has 2 rings (SSSR count). The second-order valence-corrected chi connectivity index (χ2v) is 5.05. The third-order valence-corrected chi connectivity index (χ3v) is 3.83. The van der Waals surface area contributed by atoms with Gasteiger partial charge in [0.25, 0.3) is 5.91 Å². The zero-order chi connectivity index (χ0) is 12.4. The number of anilines is 1. The quantitative estimate of drug-likeness (QED) is 0.775. The van der Waals surface area contributed by atoms with Gasteiger partial charge >= 0.3 is 0 Å². The number of nitrogens with zero attached hydrogens (tertiary/aromatic N) is 1. The monoisotopic (exact) mass is 298 g/mol. The molecule has 0 aliphatic carbocycles. The summed E-state index contributed by atoms with van der Waals surface area (Å²) in [5, 5.41) is 9.57. The summed E-state index contributed by atoms with van der Waals surface area (Å²) in [6.45, 7) is 1.09. The van der Waals surface area contributed by atoms with Crippen LogP contribution >= 0.6 is 15.9 Å². The highest BCUT2D eigenvalue weighted by Crippen LogP contribution is 2.25. The molecular weight excluding hydrogens is 284 g/mol. The summed E-state index contributed by atoms with van der Waals surface area (Å²) < 4.78 is 0.630. The Kier molecular flexibility index (Phi) is 3.69. The molecule has 1 aliphatic rings. The first-order valence-corrected chi connectivity index (χ1v) is 6.40. The molecule has 0 bridgehead atoms. The summed E-state index contributed by atoms with van der Waals surface area (Å²) >= 11 is 3.33. The van der Waals surface area contributed by atoms with Crippen molar-refractivity contribution in [2.24, 2.45) is 0 Å². The number of carbonyl (C=O) groups is 1.